The molecule has 0 bridgehead atoms. The van der Waals surface area contributed by atoms with Gasteiger partial charge >= 0.3 is 7.74 Å². The second kappa shape index (κ2) is 5.11. The fourth-order valence-corrected chi connectivity index (χ4v) is 4.87. The number of aryl methyl sites for hydroxylation is 1. The molecule has 0 N–H and O–H groups in total. The first kappa shape index (κ1) is 13.7. The number of benzene rings is 1. The molecule has 1 aliphatic rings. The van der Waals surface area contributed by atoms with Crippen molar-refractivity contribution in [2.45, 2.75) is 11.8 Å². The lowest BCUT2D eigenvalue weighted by Gasteiger charge is -2.12. The molecule has 1 aromatic rings. The van der Waals surface area contributed by atoms with Gasteiger partial charge in [-0.05, 0) is 19.1 Å². The SMILES string of the molecule is COP1(=NS(=O)(=O)c2ccc(C)cc2)OCCO1. The lowest BCUT2D eigenvalue weighted by Crippen LogP contribution is -1.98. The molecule has 0 spiro atoms. The lowest BCUT2D eigenvalue weighted by molar-refractivity contribution is 0.282. The van der Waals surface area contributed by atoms with Crippen LogP contribution in [0.3, 0.4) is 0 Å². The van der Waals surface area contributed by atoms with Gasteiger partial charge < -0.3 is 4.52 Å². The molecule has 18 heavy (non-hydrogen) atoms. The average molecular weight is 291 g/mol. The summed E-state index contributed by atoms with van der Waals surface area (Å²) in [5, 5.41) is 0. The highest BCUT2D eigenvalue weighted by Crippen LogP contribution is 2.56. The van der Waals surface area contributed by atoms with Crippen LogP contribution in [0.4, 0.5) is 0 Å². The zero-order valence-electron chi connectivity index (χ0n) is 10.1. The summed E-state index contributed by atoms with van der Waals surface area (Å²) in [4.78, 5) is 0.101. The Morgan fingerprint density at radius 3 is 2.28 bits per heavy atom. The van der Waals surface area contributed by atoms with E-state index in [1.165, 1.54) is 19.2 Å². The molecule has 0 aromatic heterocycles. The van der Waals surface area contributed by atoms with Crippen LogP contribution in [0, 0.1) is 6.92 Å². The molecule has 0 saturated carbocycles. The van der Waals surface area contributed by atoms with Gasteiger partial charge in [-0.25, -0.2) is 0 Å². The second-order valence-corrected chi connectivity index (χ2v) is 7.58. The Hall–Kier alpha value is -0.720. The third kappa shape index (κ3) is 2.81. The van der Waals surface area contributed by atoms with E-state index in [2.05, 4.69) is 4.15 Å². The van der Waals surface area contributed by atoms with Crippen molar-refractivity contribution < 1.29 is 22.0 Å². The van der Waals surface area contributed by atoms with E-state index in [-0.39, 0.29) is 18.1 Å². The van der Waals surface area contributed by atoms with Gasteiger partial charge in [0.2, 0.25) is 0 Å². The van der Waals surface area contributed by atoms with Crippen LogP contribution in [0.2, 0.25) is 0 Å². The quantitative estimate of drug-likeness (QED) is 0.799. The Kier molecular flexibility index (Phi) is 3.89. The van der Waals surface area contributed by atoms with Gasteiger partial charge in [-0.1, -0.05) is 21.8 Å². The van der Waals surface area contributed by atoms with Crippen molar-refractivity contribution in [3.63, 3.8) is 0 Å². The fourth-order valence-electron chi connectivity index (χ4n) is 1.42. The third-order valence-corrected chi connectivity index (χ3v) is 6.36. The van der Waals surface area contributed by atoms with Gasteiger partial charge in [-0.3, -0.25) is 9.05 Å². The highest BCUT2D eigenvalue weighted by molar-refractivity contribution is 7.93. The first-order valence-electron chi connectivity index (χ1n) is 5.27. The van der Waals surface area contributed by atoms with Crippen molar-refractivity contribution in [1.82, 2.24) is 0 Å². The van der Waals surface area contributed by atoms with E-state index in [4.69, 9.17) is 13.6 Å². The maximum atomic E-state index is 12.1. The monoisotopic (exact) mass is 291 g/mol. The molecule has 0 aliphatic carbocycles. The Morgan fingerprint density at radius 2 is 1.78 bits per heavy atom. The van der Waals surface area contributed by atoms with Gasteiger partial charge in [-0.15, -0.1) is 0 Å². The molecule has 6 nitrogen and oxygen atoms in total. The highest BCUT2D eigenvalue weighted by atomic mass is 32.2. The largest absolute Gasteiger partial charge is 0.371 e. The predicted molar refractivity (Wildman–Crippen MR) is 66.6 cm³/mol. The molecular weight excluding hydrogens is 277 g/mol. The van der Waals surface area contributed by atoms with Crippen LogP contribution >= 0.6 is 7.74 Å². The van der Waals surface area contributed by atoms with Crippen molar-refractivity contribution in [2.75, 3.05) is 20.3 Å². The van der Waals surface area contributed by atoms with Gasteiger partial charge in [0, 0.05) is 7.11 Å². The topological polar surface area (TPSA) is 74.2 Å². The maximum absolute atomic E-state index is 12.1. The van der Waals surface area contributed by atoms with Crippen LogP contribution in [0.1, 0.15) is 5.56 Å². The molecule has 0 atom stereocenters. The number of hydrogen-bond donors (Lipinski definition) is 0. The Balaban J connectivity index is 2.43. The summed E-state index contributed by atoms with van der Waals surface area (Å²) in [6, 6.07) is 6.40. The van der Waals surface area contributed by atoms with Crippen LogP contribution < -0.4 is 0 Å². The van der Waals surface area contributed by atoms with Crippen molar-refractivity contribution in [2.24, 2.45) is 4.15 Å². The minimum atomic E-state index is -3.83. The van der Waals surface area contributed by atoms with Gasteiger partial charge in [-0.2, -0.15) is 8.42 Å². The molecule has 1 aromatic carbocycles. The van der Waals surface area contributed by atoms with Crippen molar-refractivity contribution in [3.05, 3.63) is 29.8 Å². The molecule has 100 valence electrons. The molecule has 0 radical (unpaired) electrons. The lowest BCUT2D eigenvalue weighted by atomic mass is 10.2. The minimum Gasteiger partial charge on any atom is -0.305 e. The molecule has 0 unspecified atom stereocenters. The Bertz CT molecular complexity index is 571. The van der Waals surface area contributed by atoms with E-state index in [1.54, 1.807) is 12.1 Å². The number of sulfonamides is 1. The number of rotatable bonds is 3. The smallest absolute Gasteiger partial charge is 0.305 e. The van der Waals surface area contributed by atoms with E-state index in [0.29, 0.717) is 0 Å². The molecule has 1 saturated heterocycles. The summed E-state index contributed by atoms with van der Waals surface area (Å²) in [6.45, 7) is 2.45. The summed E-state index contributed by atoms with van der Waals surface area (Å²) >= 11 is 0. The average Bonchev–Trinajstić information content (AvgIpc) is 2.78. The van der Waals surface area contributed by atoms with Crippen molar-refractivity contribution >= 4 is 17.8 Å². The van der Waals surface area contributed by atoms with Crippen LogP contribution in [0.25, 0.3) is 0 Å². The highest BCUT2D eigenvalue weighted by Gasteiger charge is 2.32. The van der Waals surface area contributed by atoms with Crippen LogP contribution in [-0.4, -0.2) is 28.7 Å². The normalized spacial score (nSPS) is 18.8. The predicted octanol–water partition coefficient (Wildman–Crippen LogP) is 2.32. The van der Waals surface area contributed by atoms with Gasteiger partial charge in [0.05, 0.1) is 18.1 Å². The second-order valence-electron chi connectivity index (χ2n) is 3.69. The van der Waals surface area contributed by atoms with Gasteiger partial charge in [0.25, 0.3) is 10.0 Å². The van der Waals surface area contributed by atoms with Crippen molar-refractivity contribution in [1.29, 1.82) is 0 Å². The van der Waals surface area contributed by atoms with E-state index in [1.807, 2.05) is 6.92 Å². The molecule has 1 aliphatic heterocycles. The van der Waals surface area contributed by atoms with Crippen LogP contribution in [-0.2, 0) is 23.6 Å². The Morgan fingerprint density at radius 1 is 1.22 bits per heavy atom. The van der Waals surface area contributed by atoms with E-state index >= 15 is 0 Å². The molecule has 0 amide bonds. The van der Waals surface area contributed by atoms with Crippen LogP contribution in [0.15, 0.2) is 33.3 Å². The molecule has 1 heterocycles. The minimum absolute atomic E-state index is 0.101. The van der Waals surface area contributed by atoms with Crippen LogP contribution in [0.5, 0.6) is 0 Å². The van der Waals surface area contributed by atoms with E-state index in [0.717, 1.165) is 5.56 Å². The van der Waals surface area contributed by atoms with Gasteiger partial charge in [0.15, 0.2) is 0 Å². The zero-order valence-corrected chi connectivity index (χ0v) is 11.8. The van der Waals surface area contributed by atoms with Gasteiger partial charge in [0.1, 0.15) is 0 Å². The third-order valence-electron chi connectivity index (χ3n) is 2.35. The first-order valence-corrected chi connectivity index (χ1v) is 8.21. The molecule has 8 heteroatoms. The summed E-state index contributed by atoms with van der Waals surface area (Å²) in [5.74, 6) is 0. The molecule has 2 rings (SSSR count). The Labute approximate surface area is 106 Å². The van der Waals surface area contributed by atoms with E-state index in [9.17, 15) is 8.42 Å². The fraction of sp³-hybridized carbons (Fsp3) is 0.400. The zero-order chi connectivity index (χ0) is 13.2. The first-order chi connectivity index (χ1) is 8.47. The molecule has 1 fully saturated rings. The summed E-state index contributed by atoms with van der Waals surface area (Å²) < 4.78 is 43.2. The number of hydrogen-bond acceptors (Lipinski definition) is 5. The molecular formula is C10H14NO5PS. The number of nitrogens with zero attached hydrogens (tertiary/aromatic N) is 1. The summed E-state index contributed by atoms with van der Waals surface area (Å²) in [7, 11) is -5.59. The maximum Gasteiger partial charge on any atom is 0.371 e. The standard InChI is InChI=1S/C10H14NO5PS/c1-9-3-5-10(6-4-9)18(12,13)11-17(14-2)15-7-8-16-17/h3-6H,7-8H2,1-2H3. The van der Waals surface area contributed by atoms with E-state index < -0.39 is 17.8 Å². The summed E-state index contributed by atoms with van der Waals surface area (Å²) in [6.07, 6.45) is 0. The summed E-state index contributed by atoms with van der Waals surface area (Å²) in [5.41, 5.74) is 0.971. The van der Waals surface area contributed by atoms with Crippen molar-refractivity contribution in [3.8, 4) is 0 Å².